The van der Waals surface area contributed by atoms with Gasteiger partial charge >= 0.3 is 5.97 Å². The highest BCUT2D eigenvalue weighted by molar-refractivity contribution is 5.76. The van der Waals surface area contributed by atoms with E-state index in [9.17, 15) is 19.8 Å². The first-order valence-electron chi connectivity index (χ1n) is 34.2. The highest BCUT2D eigenvalue weighted by Gasteiger charge is 2.20. The number of esters is 1. The Hall–Kier alpha value is -1.92. The van der Waals surface area contributed by atoms with Crippen molar-refractivity contribution in [2.24, 2.45) is 0 Å². The molecule has 2 atom stereocenters. The lowest BCUT2D eigenvalue weighted by atomic mass is 10.0. The maximum atomic E-state index is 12.5. The van der Waals surface area contributed by atoms with E-state index in [1.165, 1.54) is 289 Å². The Morgan fingerprint density at radius 2 is 0.658 bits per heavy atom. The molecule has 0 saturated carbocycles. The van der Waals surface area contributed by atoms with Crippen LogP contribution in [0.3, 0.4) is 0 Å². The van der Waals surface area contributed by atoms with Gasteiger partial charge in [-0.05, 0) is 83.5 Å². The second-order valence-electron chi connectivity index (χ2n) is 23.5. The van der Waals surface area contributed by atoms with E-state index < -0.39 is 12.1 Å². The monoisotopic (exact) mass is 1070 g/mol. The fourth-order valence-corrected chi connectivity index (χ4v) is 10.7. The number of rotatable bonds is 64. The van der Waals surface area contributed by atoms with Crippen LogP contribution in [0, 0.1) is 0 Å². The van der Waals surface area contributed by atoms with Crippen LogP contribution >= 0.6 is 0 Å². The molecule has 1 amide bonds. The topological polar surface area (TPSA) is 95.9 Å². The average molecular weight is 1070 g/mol. The van der Waals surface area contributed by atoms with E-state index in [1.807, 2.05) is 0 Å². The van der Waals surface area contributed by atoms with Gasteiger partial charge in [-0.2, -0.15) is 0 Å². The van der Waals surface area contributed by atoms with Crippen LogP contribution in [-0.2, 0) is 14.3 Å². The standard InChI is InChI=1S/C70H133NO5/c1-3-5-7-9-11-13-15-17-19-31-36-40-44-48-52-56-60-64-70(75)76-65-61-57-53-49-45-41-37-33-30-28-26-24-22-21-23-25-27-29-32-35-39-43-47-51-55-59-63-69(74)71-67(66-72)68(73)62-58-54-50-46-42-38-34-20-18-16-14-12-10-8-6-4-2/h11,13,17,19,21,23,67-68,72-73H,3-10,12,14-16,18,20,22,24-66H2,1-2H3,(H,71,74)/b13-11-,19-17-,23-21-. The van der Waals surface area contributed by atoms with Crippen LogP contribution in [0.2, 0.25) is 0 Å². The Bertz CT molecular complexity index is 1230. The van der Waals surface area contributed by atoms with Crippen molar-refractivity contribution in [1.82, 2.24) is 5.32 Å². The lowest BCUT2D eigenvalue weighted by Crippen LogP contribution is -2.45. The summed E-state index contributed by atoms with van der Waals surface area (Å²) >= 11 is 0. The van der Waals surface area contributed by atoms with Gasteiger partial charge < -0.3 is 20.3 Å². The minimum atomic E-state index is -0.666. The van der Waals surface area contributed by atoms with Gasteiger partial charge in [0.15, 0.2) is 0 Å². The van der Waals surface area contributed by atoms with Gasteiger partial charge in [0.2, 0.25) is 5.91 Å². The fraction of sp³-hybridized carbons (Fsp3) is 0.886. The summed E-state index contributed by atoms with van der Waals surface area (Å²) in [7, 11) is 0. The van der Waals surface area contributed by atoms with E-state index in [1.54, 1.807) is 0 Å². The van der Waals surface area contributed by atoms with Crippen molar-refractivity contribution >= 4 is 11.9 Å². The Morgan fingerprint density at radius 3 is 1.04 bits per heavy atom. The molecule has 0 spiro atoms. The predicted molar refractivity (Wildman–Crippen MR) is 333 cm³/mol. The molecule has 2 unspecified atom stereocenters. The van der Waals surface area contributed by atoms with E-state index in [0.717, 1.165) is 51.4 Å². The Balaban J connectivity index is 3.38. The number of carbonyl (C=O) groups excluding carboxylic acids is 2. The van der Waals surface area contributed by atoms with Crippen molar-refractivity contribution in [3.63, 3.8) is 0 Å². The number of unbranched alkanes of at least 4 members (excludes halogenated alkanes) is 47. The van der Waals surface area contributed by atoms with E-state index in [4.69, 9.17) is 4.74 Å². The Kier molecular flexibility index (Phi) is 63.9. The number of carbonyl (C=O) groups is 2. The molecule has 76 heavy (non-hydrogen) atoms. The lowest BCUT2D eigenvalue weighted by molar-refractivity contribution is -0.143. The van der Waals surface area contributed by atoms with Crippen LogP contribution in [0.25, 0.3) is 0 Å². The van der Waals surface area contributed by atoms with Crippen molar-refractivity contribution < 1.29 is 24.5 Å². The number of hydrogen-bond acceptors (Lipinski definition) is 5. The zero-order valence-corrected chi connectivity index (χ0v) is 51.3. The van der Waals surface area contributed by atoms with Crippen LogP contribution < -0.4 is 5.32 Å². The quantitative estimate of drug-likeness (QED) is 0.0320. The van der Waals surface area contributed by atoms with Crippen molar-refractivity contribution in [2.45, 2.75) is 386 Å². The van der Waals surface area contributed by atoms with Crippen LogP contribution in [0.5, 0.6) is 0 Å². The molecule has 0 aliphatic carbocycles. The Labute approximate surface area is 474 Å². The molecule has 6 nitrogen and oxygen atoms in total. The number of allylic oxidation sites excluding steroid dienone is 6. The minimum absolute atomic E-state index is 0.00693. The molecular formula is C70H133NO5. The number of ether oxygens (including phenoxy) is 1. The summed E-state index contributed by atoms with van der Waals surface area (Å²) in [6, 6.07) is -0.543. The molecule has 0 bridgehead atoms. The van der Waals surface area contributed by atoms with Crippen molar-refractivity contribution in [3.05, 3.63) is 36.5 Å². The molecule has 0 aliphatic rings. The molecule has 3 N–H and O–H groups in total. The van der Waals surface area contributed by atoms with E-state index in [2.05, 4.69) is 55.6 Å². The second-order valence-corrected chi connectivity index (χ2v) is 23.5. The molecule has 0 rings (SSSR count). The molecule has 0 heterocycles. The SMILES string of the molecule is CCCCC/C=C\C/C=C\CCCCCCCCCC(=O)OCCCCCCCCCCCCCC/C=C\CCCCCCCCCCCCC(=O)NC(CO)C(O)CCCCCCCCCCCCCCCCCC. The maximum Gasteiger partial charge on any atom is 0.305 e. The number of hydrogen-bond donors (Lipinski definition) is 3. The normalized spacial score (nSPS) is 12.7. The molecule has 0 fully saturated rings. The third-order valence-corrected chi connectivity index (χ3v) is 15.9. The van der Waals surface area contributed by atoms with Gasteiger partial charge in [0, 0.05) is 12.8 Å². The summed E-state index contributed by atoms with van der Waals surface area (Å²) in [5, 5.41) is 23.3. The molecule has 0 aliphatic heterocycles. The lowest BCUT2D eigenvalue weighted by Gasteiger charge is -2.22. The number of amides is 1. The van der Waals surface area contributed by atoms with Gasteiger partial charge in [-0.25, -0.2) is 0 Å². The molecule has 6 heteroatoms. The highest BCUT2D eigenvalue weighted by Crippen LogP contribution is 2.18. The summed E-state index contributed by atoms with van der Waals surface area (Å²) in [5.41, 5.74) is 0. The number of aliphatic hydroxyl groups excluding tert-OH is 2. The van der Waals surface area contributed by atoms with Gasteiger partial charge in [0.25, 0.3) is 0 Å². The van der Waals surface area contributed by atoms with Gasteiger partial charge in [-0.1, -0.05) is 314 Å². The molecular weight excluding hydrogens is 935 g/mol. The van der Waals surface area contributed by atoms with Crippen LogP contribution in [0.15, 0.2) is 36.5 Å². The average Bonchev–Trinajstić information content (AvgIpc) is 3.42. The maximum absolute atomic E-state index is 12.5. The Morgan fingerprint density at radius 1 is 0.368 bits per heavy atom. The largest absolute Gasteiger partial charge is 0.466 e. The van der Waals surface area contributed by atoms with Crippen molar-refractivity contribution in [3.8, 4) is 0 Å². The third kappa shape index (κ3) is 61.3. The fourth-order valence-electron chi connectivity index (χ4n) is 10.7. The summed E-state index contributed by atoms with van der Waals surface area (Å²) in [4.78, 5) is 24.6. The highest BCUT2D eigenvalue weighted by atomic mass is 16.5. The van der Waals surface area contributed by atoms with E-state index in [0.29, 0.717) is 25.9 Å². The van der Waals surface area contributed by atoms with E-state index >= 15 is 0 Å². The molecule has 0 aromatic rings. The smallest absolute Gasteiger partial charge is 0.305 e. The van der Waals surface area contributed by atoms with Gasteiger partial charge in [0.05, 0.1) is 25.4 Å². The molecule has 0 saturated heterocycles. The molecule has 0 aromatic carbocycles. The first kappa shape index (κ1) is 74.1. The zero-order valence-electron chi connectivity index (χ0n) is 51.3. The first-order chi connectivity index (χ1) is 37.5. The van der Waals surface area contributed by atoms with Crippen LogP contribution in [0.4, 0.5) is 0 Å². The van der Waals surface area contributed by atoms with Gasteiger partial charge in [0.1, 0.15) is 0 Å². The van der Waals surface area contributed by atoms with Gasteiger partial charge in [-0.15, -0.1) is 0 Å². The summed E-state index contributed by atoms with van der Waals surface area (Å²) in [6.45, 7) is 4.95. The molecule has 448 valence electrons. The summed E-state index contributed by atoms with van der Waals surface area (Å²) in [5.74, 6) is -0.0275. The van der Waals surface area contributed by atoms with Crippen LogP contribution in [-0.4, -0.2) is 47.4 Å². The molecule has 0 radical (unpaired) electrons. The summed E-state index contributed by atoms with van der Waals surface area (Å²) in [6.07, 6.45) is 83.2. The van der Waals surface area contributed by atoms with E-state index in [-0.39, 0.29) is 18.5 Å². The van der Waals surface area contributed by atoms with Crippen LogP contribution in [0.1, 0.15) is 373 Å². The van der Waals surface area contributed by atoms with Crippen molar-refractivity contribution in [1.29, 1.82) is 0 Å². The first-order valence-corrected chi connectivity index (χ1v) is 34.2. The number of nitrogens with one attached hydrogen (secondary N) is 1. The predicted octanol–water partition coefficient (Wildman–Crippen LogP) is 21.9. The summed E-state index contributed by atoms with van der Waals surface area (Å²) < 4.78 is 5.49. The second kappa shape index (κ2) is 65.6. The van der Waals surface area contributed by atoms with Gasteiger partial charge in [-0.3, -0.25) is 9.59 Å². The van der Waals surface area contributed by atoms with Crippen molar-refractivity contribution in [2.75, 3.05) is 13.2 Å². The minimum Gasteiger partial charge on any atom is -0.466 e. The zero-order chi connectivity index (χ0) is 55.0. The number of aliphatic hydroxyl groups is 2. The third-order valence-electron chi connectivity index (χ3n) is 15.9. The molecule has 0 aromatic heterocycles.